The summed E-state index contributed by atoms with van der Waals surface area (Å²) in [4.78, 5) is 31.1. The number of fused-ring (bicyclic) bond motifs is 1. The molecule has 13 nitrogen and oxygen atoms in total. The molecule has 1 aliphatic rings. The number of nitrogens with one attached hydrogen (secondary N) is 2. The highest BCUT2D eigenvalue weighted by atomic mass is 19.3. The molecule has 1 atom stereocenters. The third-order valence-electron chi connectivity index (χ3n) is 9.03. The second-order valence-corrected chi connectivity index (χ2v) is 12.1. The van der Waals surface area contributed by atoms with E-state index in [0.717, 1.165) is 5.56 Å². The molecular formula is C37H34F2N8O5. The molecular weight excluding hydrogens is 674 g/mol. The Balaban J connectivity index is 1.38. The van der Waals surface area contributed by atoms with Crippen molar-refractivity contribution in [2.24, 2.45) is 0 Å². The van der Waals surface area contributed by atoms with Gasteiger partial charge in [0.2, 0.25) is 0 Å². The van der Waals surface area contributed by atoms with E-state index in [2.05, 4.69) is 15.7 Å². The fraction of sp³-hybridized carbons (Fsp3) is 0.216. The number of methoxy groups -OCH3 is 2. The van der Waals surface area contributed by atoms with Crippen molar-refractivity contribution in [3.63, 3.8) is 0 Å². The number of amides is 2. The quantitative estimate of drug-likeness (QED) is 0.127. The Morgan fingerprint density at radius 1 is 0.962 bits per heavy atom. The summed E-state index contributed by atoms with van der Waals surface area (Å²) in [6, 6.07) is 21.1. The molecule has 1 unspecified atom stereocenters. The van der Waals surface area contributed by atoms with E-state index in [0.29, 0.717) is 79.5 Å². The number of halogens is 2. The lowest BCUT2D eigenvalue weighted by atomic mass is 10.0. The molecule has 1 aliphatic heterocycles. The summed E-state index contributed by atoms with van der Waals surface area (Å²) in [5, 5.41) is 25.6. The third-order valence-corrected chi connectivity index (χ3v) is 9.03. The van der Waals surface area contributed by atoms with Gasteiger partial charge in [0, 0.05) is 60.0 Å². The van der Waals surface area contributed by atoms with Crippen LogP contribution in [0, 0.1) is 0 Å². The van der Waals surface area contributed by atoms with Crippen LogP contribution in [0.15, 0.2) is 91.4 Å². The molecule has 7 rings (SSSR count). The molecule has 3 N–H and O–H groups in total. The number of rotatable bonds is 11. The normalized spacial score (nSPS) is 14.2. The molecule has 0 spiro atoms. The van der Waals surface area contributed by atoms with Crippen molar-refractivity contribution in [3.8, 4) is 33.9 Å². The van der Waals surface area contributed by atoms with Gasteiger partial charge >= 0.3 is 12.6 Å². The highest BCUT2D eigenvalue weighted by molar-refractivity contribution is 6.08. The van der Waals surface area contributed by atoms with Crippen molar-refractivity contribution in [3.05, 3.63) is 103 Å². The van der Waals surface area contributed by atoms with E-state index in [1.165, 1.54) is 17.3 Å². The minimum absolute atomic E-state index is 0.170. The number of likely N-dealkylation sites (tertiary alicyclic amines) is 1. The van der Waals surface area contributed by atoms with Crippen LogP contribution >= 0.6 is 0 Å². The standard InChI is InChI=1S/C37H34F2N8O5/c1-51-29-9-6-10-30(52-2)28(29)19-41-34-31-32(22-11-13-23(14-12-22)35(48)43-25-7-4-3-5-8-25)44-47(26-15-16-45(21-26)37(49)50)33(31)27(18-40-34)24-17-42-46(20-24)36(38)39/h3-14,17-18,20,26,36H,15-16,19,21H2,1-2H3,(H,40,41)(H,43,48)(H,49,50). The number of anilines is 2. The van der Waals surface area contributed by atoms with Crippen molar-refractivity contribution >= 4 is 34.4 Å². The van der Waals surface area contributed by atoms with E-state index in [1.807, 2.05) is 36.4 Å². The van der Waals surface area contributed by atoms with Crippen LogP contribution in [0.5, 0.6) is 11.5 Å². The maximum absolute atomic E-state index is 13.7. The summed E-state index contributed by atoms with van der Waals surface area (Å²) in [7, 11) is 3.13. The number of hydrogen-bond donors (Lipinski definition) is 3. The number of para-hydroxylation sites is 1. The van der Waals surface area contributed by atoms with Crippen LogP contribution in [0.25, 0.3) is 33.3 Å². The van der Waals surface area contributed by atoms with Gasteiger partial charge in [-0.25, -0.2) is 14.5 Å². The van der Waals surface area contributed by atoms with Gasteiger partial charge in [0.05, 0.1) is 42.9 Å². The minimum atomic E-state index is -2.86. The first-order valence-electron chi connectivity index (χ1n) is 16.4. The molecule has 3 aromatic carbocycles. The predicted molar refractivity (Wildman–Crippen MR) is 190 cm³/mol. The number of nitrogens with zero attached hydrogens (tertiary/aromatic N) is 6. The van der Waals surface area contributed by atoms with E-state index >= 15 is 0 Å². The number of alkyl halides is 2. The lowest BCUT2D eigenvalue weighted by Crippen LogP contribution is -2.27. The molecule has 0 bridgehead atoms. The van der Waals surface area contributed by atoms with Crippen LogP contribution in [0.1, 0.15) is 34.9 Å². The number of carbonyl (C=O) groups is 2. The van der Waals surface area contributed by atoms with Gasteiger partial charge in [0.25, 0.3) is 5.91 Å². The van der Waals surface area contributed by atoms with Crippen LogP contribution in [-0.2, 0) is 6.54 Å². The second-order valence-electron chi connectivity index (χ2n) is 12.1. The molecule has 2 amide bonds. The summed E-state index contributed by atoms with van der Waals surface area (Å²) < 4.78 is 40.9. The monoisotopic (exact) mass is 708 g/mol. The summed E-state index contributed by atoms with van der Waals surface area (Å²) in [6.07, 6.45) is 3.57. The summed E-state index contributed by atoms with van der Waals surface area (Å²) >= 11 is 0. The van der Waals surface area contributed by atoms with Crippen LogP contribution in [0.4, 0.5) is 25.1 Å². The fourth-order valence-corrected chi connectivity index (χ4v) is 6.46. The molecule has 1 fully saturated rings. The number of hydrogen-bond acceptors (Lipinski definition) is 8. The van der Waals surface area contributed by atoms with Gasteiger partial charge < -0.3 is 30.1 Å². The molecule has 0 saturated carbocycles. The predicted octanol–water partition coefficient (Wildman–Crippen LogP) is 7.16. The molecule has 52 heavy (non-hydrogen) atoms. The molecule has 0 aliphatic carbocycles. The van der Waals surface area contributed by atoms with Gasteiger partial charge in [-0.1, -0.05) is 36.4 Å². The number of pyridine rings is 1. The Hall–Kier alpha value is -6.51. The Morgan fingerprint density at radius 3 is 2.33 bits per heavy atom. The second kappa shape index (κ2) is 14.4. The van der Waals surface area contributed by atoms with Gasteiger partial charge in [-0.3, -0.25) is 9.48 Å². The highest BCUT2D eigenvalue weighted by Crippen LogP contribution is 2.41. The van der Waals surface area contributed by atoms with Crippen molar-refractivity contribution in [2.45, 2.75) is 25.6 Å². The molecule has 3 aromatic heterocycles. The zero-order valence-electron chi connectivity index (χ0n) is 28.2. The topological polar surface area (TPSA) is 149 Å². The third kappa shape index (κ3) is 6.55. The summed E-state index contributed by atoms with van der Waals surface area (Å²) in [6.45, 7) is -2.16. The smallest absolute Gasteiger partial charge is 0.407 e. The molecule has 0 radical (unpaired) electrons. The largest absolute Gasteiger partial charge is 0.496 e. The lowest BCUT2D eigenvalue weighted by Gasteiger charge is -2.17. The zero-order chi connectivity index (χ0) is 36.4. The fourth-order valence-electron chi connectivity index (χ4n) is 6.46. The Morgan fingerprint density at radius 2 is 1.69 bits per heavy atom. The number of carboxylic acid groups (broad SMARTS) is 1. The first kappa shape index (κ1) is 34.0. The van der Waals surface area contributed by atoms with E-state index < -0.39 is 12.6 Å². The number of ether oxygens (including phenoxy) is 2. The highest BCUT2D eigenvalue weighted by Gasteiger charge is 2.32. The Labute approximate surface area is 296 Å². The van der Waals surface area contributed by atoms with Gasteiger partial charge in [-0.05, 0) is 42.8 Å². The maximum atomic E-state index is 13.7. The van der Waals surface area contributed by atoms with Crippen LogP contribution < -0.4 is 20.1 Å². The summed E-state index contributed by atoms with van der Waals surface area (Å²) in [5.41, 5.74) is 4.36. The molecule has 15 heteroatoms. The van der Waals surface area contributed by atoms with Crippen LogP contribution in [-0.4, -0.2) is 73.9 Å². The minimum Gasteiger partial charge on any atom is -0.496 e. The van der Waals surface area contributed by atoms with E-state index in [1.54, 1.807) is 61.5 Å². The molecule has 6 aromatic rings. The SMILES string of the molecule is COc1cccc(OC)c1CNc1ncc(-c2cnn(C(F)F)c2)c2c1c(-c1ccc(C(=O)Nc3ccccc3)cc1)nn2C1CCN(C(=O)O)C1. The molecule has 1 saturated heterocycles. The Kier molecular flexibility index (Phi) is 9.39. The van der Waals surface area contributed by atoms with Gasteiger partial charge in [0.15, 0.2) is 0 Å². The maximum Gasteiger partial charge on any atom is 0.407 e. The van der Waals surface area contributed by atoms with Crippen molar-refractivity contribution < 1.29 is 33.0 Å². The van der Waals surface area contributed by atoms with Crippen molar-refractivity contribution in [1.82, 2.24) is 29.4 Å². The number of benzene rings is 3. The van der Waals surface area contributed by atoms with Crippen LogP contribution in [0.2, 0.25) is 0 Å². The van der Waals surface area contributed by atoms with E-state index in [4.69, 9.17) is 19.6 Å². The zero-order valence-corrected chi connectivity index (χ0v) is 28.2. The summed E-state index contributed by atoms with van der Waals surface area (Å²) in [5.74, 6) is 1.33. The van der Waals surface area contributed by atoms with E-state index in [-0.39, 0.29) is 25.0 Å². The Bertz CT molecular complexity index is 2220. The first-order chi connectivity index (χ1) is 25.2. The molecule has 4 heterocycles. The van der Waals surface area contributed by atoms with Crippen molar-refractivity contribution in [1.29, 1.82) is 0 Å². The molecule has 266 valence electrons. The average molecular weight is 709 g/mol. The van der Waals surface area contributed by atoms with E-state index in [9.17, 15) is 23.5 Å². The number of carbonyl (C=O) groups excluding carboxylic acids is 1. The number of aromatic nitrogens is 5. The van der Waals surface area contributed by atoms with Gasteiger partial charge in [0.1, 0.15) is 23.0 Å². The van der Waals surface area contributed by atoms with Crippen LogP contribution in [0.3, 0.4) is 0 Å². The lowest BCUT2D eigenvalue weighted by molar-refractivity contribution is 0.0566. The van der Waals surface area contributed by atoms with Crippen molar-refractivity contribution in [2.75, 3.05) is 37.9 Å². The van der Waals surface area contributed by atoms with Gasteiger partial charge in [-0.15, -0.1) is 0 Å². The first-order valence-corrected chi connectivity index (χ1v) is 16.4. The average Bonchev–Trinajstić information content (AvgIpc) is 3.94. The van der Waals surface area contributed by atoms with Gasteiger partial charge in [-0.2, -0.15) is 19.0 Å².